The number of aromatic nitrogens is 1. The third-order valence-electron chi connectivity index (χ3n) is 4.48. The van der Waals surface area contributed by atoms with Crippen molar-refractivity contribution in [2.75, 3.05) is 7.11 Å². The predicted octanol–water partition coefficient (Wildman–Crippen LogP) is 5.37. The fraction of sp³-hybridized carbons (Fsp3) is 0.0833. The van der Waals surface area contributed by atoms with Gasteiger partial charge in [-0.3, -0.25) is 0 Å². The van der Waals surface area contributed by atoms with Crippen LogP contribution in [-0.4, -0.2) is 18.1 Å². The second-order valence-corrected chi connectivity index (χ2v) is 6.41. The minimum absolute atomic E-state index is 0.148. The van der Waals surface area contributed by atoms with Crippen molar-refractivity contribution in [1.82, 2.24) is 4.98 Å². The largest absolute Gasteiger partial charge is 0.497 e. The molecule has 0 aliphatic heterocycles. The molecule has 4 aromatic rings. The van der Waals surface area contributed by atoms with Crippen LogP contribution in [0.5, 0.6) is 5.75 Å². The summed E-state index contributed by atoms with van der Waals surface area (Å²) in [6.07, 6.45) is 1.32. The summed E-state index contributed by atoms with van der Waals surface area (Å²) < 4.78 is 15.9. The number of hydrogen-bond acceptors (Lipinski definition) is 5. The van der Waals surface area contributed by atoms with E-state index in [-0.39, 0.29) is 12.3 Å². The molecule has 5 nitrogen and oxygen atoms in total. The van der Waals surface area contributed by atoms with Gasteiger partial charge in [0.1, 0.15) is 18.6 Å². The van der Waals surface area contributed by atoms with Crippen LogP contribution in [0.15, 0.2) is 89.5 Å². The zero-order chi connectivity index (χ0) is 20.1. The quantitative estimate of drug-likeness (QED) is 0.417. The molecule has 0 aliphatic carbocycles. The average molecular weight is 385 g/mol. The van der Waals surface area contributed by atoms with Crippen molar-refractivity contribution in [1.29, 1.82) is 0 Å². The van der Waals surface area contributed by atoms with Crippen LogP contribution in [0.2, 0.25) is 0 Å². The van der Waals surface area contributed by atoms with Crippen LogP contribution in [0, 0.1) is 0 Å². The Hall–Kier alpha value is -3.86. The van der Waals surface area contributed by atoms with Gasteiger partial charge in [-0.05, 0) is 41.0 Å². The lowest BCUT2D eigenvalue weighted by atomic mass is 10.0. The number of rotatable bonds is 6. The van der Waals surface area contributed by atoms with Gasteiger partial charge in [0.25, 0.3) is 0 Å². The van der Waals surface area contributed by atoms with Gasteiger partial charge in [-0.1, -0.05) is 54.6 Å². The monoisotopic (exact) mass is 385 g/mol. The highest BCUT2D eigenvalue weighted by molar-refractivity contribution is 5.87. The second-order valence-electron chi connectivity index (χ2n) is 6.41. The summed E-state index contributed by atoms with van der Waals surface area (Å²) in [4.78, 5) is 16.5. The van der Waals surface area contributed by atoms with Crippen LogP contribution in [0.4, 0.5) is 0 Å². The van der Waals surface area contributed by atoms with Gasteiger partial charge in [0.15, 0.2) is 5.69 Å². The second kappa shape index (κ2) is 8.44. The normalized spacial score (nSPS) is 10.5. The summed E-state index contributed by atoms with van der Waals surface area (Å²) in [5.41, 5.74) is 3.98. The third-order valence-corrected chi connectivity index (χ3v) is 4.48. The fourth-order valence-corrected chi connectivity index (χ4v) is 2.89. The van der Waals surface area contributed by atoms with Crippen molar-refractivity contribution in [3.8, 4) is 28.3 Å². The molecule has 1 aromatic heterocycles. The topological polar surface area (TPSA) is 61.6 Å². The van der Waals surface area contributed by atoms with Gasteiger partial charge in [0, 0.05) is 5.56 Å². The van der Waals surface area contributed by atoms with Crippen molar-refractivity contribution in [2.24, 2.45) is 0 Å². The summed E-state index contributed by atoms with van der Waals surface area (Å²) >= 11 is 0. The van der Waals surface area contributed by atoms with Crippen LogP contribution in [0.1, 0.15) is 16.1 Å². The van der Waals surface area contributed by atoms with Crippen molar-refractivity contribution < 1.29 is 18.7 Å². The van der Waals surface area contributed by atoms with Crippen molar-refractivity contribution in [3.05, 3.63) is 96.4 Å². The first-order valence-corrected chi connectivity index (χ1v) is 9.14. The lowest BCUT2D eigenvalue weighted by Gasteiger charge is -2.04. The Labute approximate surface area is 168 Å². The Morgan fingerprint density at radius 3 is 2.14 bits per heavy atom. The van der Waals surface area contributed by atoms with Crippen LogP contribution in [0.25, 0.3) is 22.6 Å². The Kier molecular flexibility index (Phi) is 5.38. The van der Waals surface area contributed by atoms with Crippen LogP contribution in [0.3, 0.4) is 0 Å². The van der Waals surface area contributed by atoms with E-state index in [0.717, 1.165) is 28.0 Å². The van der Waals surface area contributed by atoms with Crippen molar-refractivity contribution in [2.45, 2.75) is 6.61 Å². The van der Waals surface area contributed by atoms with Gasteiger partial charge in [-0.2, -0.15) is 0 Å². The van der Waals surface area contributed by atoms with Gasteiger partial charge < -0.3 is 13.9 Å². The number of ether oxygens (including phenoxy) is 2. The van der Waals surface area contributed by atoms with Crippen LogP contribution in [-0.2, 0) is 11.3 Å². The number of nitrogens with zero attached hydrogens (tertiary/aromatic N) is 1. The number of benzene rings is 3. The molecule has 4 rings (SSSR count). The van der Waals surface area contributed by atoms with Gasteiger partial charge in [0.2, 0.25) is 5.89 Å². The number of hydrogen-bond donors (Lipinski definition) is 0. The molecule has 1 heterocycles. The molecule has 3 aromatic carbocycles. The molecule has 29 heavy (non-hydrogen) atoms. The van der Waals surface area contributed by atoms with E-state index in [4.69, 9.17) is 13.9 Å². The van der Waals surface area contributed by atoms with E-state index in [0.29, 0.717) is 5.89 Å². The maximum absolute atomic E-state index is 12.2. The first kappa shape index (κ1) is 18.5. The highest BCUT2D eigenvalue weighted by Crippen LogP contribution is 2.26. The molecule has 0 N–H and O–H groups in total. The number of esters is 1. The van der Waals surface area contributed by atoms with Gasteiger partial charge >= 0.3 is 5.97 Å². The summed E-state index contributed by atoms with van der Waals surface area (Å²) in [6, 6.07) is 25.1. The Morgan fingerprint density at radius 1 is 0.862 bits per heavy atom. The highest BCUT2D eigenvalue weighted by atomic mass is 16.5. The number of carbonyl (C=O) groups is 1. The number of carbonyl (C=O) groups excluding carboxylic acids is 1. The molecule has 0 spiro atoms. The van der Waals surface area contributed by atoms with Gasteiger partial charge in [-0.25, -0.2) is 9.78 Å². The van der Waals surface area contributed by atoms with Gasteiger partial charge in [-0.15, -0.1) is 0 Å². The molecular formula is C24H19NO4. The highest BCUT2D eigenvalue weighted by Gasteiger charge is 2.15. The molecule has 0 radical (unpaired) electrons. The molecular weight excluding hydrogens is 366 g/mol. The molecule has 144 valence electrons. The molecule has 0 unspecified atom stereocenters. The SMILES string of the molecule is COc1ccc(-c2ccc(-c3nc(C(=O)OCc4ccccc4)co3)cc2)cc1. The molecule has 0 saturated carbocycles. The summed E-state index contributed by atoms with van der Waals surface area (Å²) in [5, 5.41) is 0. The van der Waals surface area contributed by atoms with E-state index in [1.807, 2.05) is 78.9 Å². The first-order chi connectivity index (χ1) is 14.2. The van der Waals surface area contributed by atoms with E-state index < -0.39 is 5.97 Å². The molecule has 5 heteroatoms. The third kappa shape index (κ3) is 4.35. The zero-order valence-electron chi connectivity index (χ0n) is 15.9. The van der Waals surface area contributed by atoms with E-state index in [9.17, 15) is 4.79 Å². The molecule has 0 bridgehead atoms. The Balaban J connectivity index is 1.44. The summed E-state index contributed by atoms with van der Waals surface area (Å²) in [7, 11) is 1.64. The zero-order valence-corrected chi connectivity index (χ0v) is 15.9. The molecule has 0 fully saturated rings. The van der Waals surface area contributed by atoms with Gasteiger partial charge in [0.05, 0.1) is 7.11 Å². The molecule has 0 saturated heterocycles. The molecule has 0 aliphatic rings. The van der Waals surface area contributed by atoms with Crippen LogP contribution >= 0.6 is 0 Å². The maximum Gasteiger partial charge on any atom is 0.360 e. The standard InChI is InChI=1S/C24H19NO4/c1-27-21-13-11-19(12-14-21)18-7-9-20(10-8-18)23-25-22(16-28-23)24(26)29-15-17-5-3-2-4-6-17/h2-14,16H,15H2,1H3. The lowest BCUT2D eigenvalue weighted by Crippen LogP contribution is -2.05. The minimum Gasteiger partial charge on any atom is -0.497 e. The lowest BCUT2D eigenvalue weighted by molar-refractivity contribution is 0.0465. The van der Waals surface area contributed by atoms with Crippen LogP contribution < -0.4 is 4.74 Å². The number of oxazole rings is 1. The Morgan fingerprint density at radius 2 is 1.48 bits per heavy atom. The Bertz CT molecular complexity index is 1080. The smallest absolute Gasteiger partial charge is 0.360 e. The maximum atomic E-state index is 12.2. The van der Waals surface area contributed by atoms with E-state index in [1.54, 1.807) is 7.11 Å². The predicted molar refractivity (Wildman–Crippen MR) is 109 cm³/mol. The van der Waals surface area contributed by atoms with Crippen molar-refractivity contribution in [3.63, 3.8) is 0 Å². The molecule has 0 atom stereocenters. The average Bonchev–Trinajstić information content (AvgIpc) is 3.29. The van der Waals surface area contributed by atoms with E-state index in [1.165, 1.54) is 6.26 Å². The first-order valence-electron chi connectivity index (χ1n) is 9.14. The summed E-state index contributed by atoms with van der Waals surface area (Å²) in [5.74, 6) is 0.675. The fourth-order valence-electron chi connectivity index (χ4n) is 2.89. The summed E-state index contributed by atoms with van der Waals surface area (Å²) in [6.45, 7) is 0.193. The number of methoxy groups -OCH3 is 1. The van der Waals surface area contributed by atoms with Crippen molar-refractivity contribution >= 4 is 5.97 Å². The molecule has 0 amide bonds. The minimum atomic E-state index is -0.515. The van der Waals surface area contributed by atoms with E-state index in [2.05, 4.69) is 4.98 Å². The van der Waals surface area contributed by atoms with E-state index >= 15 is 0 Å².